The molecule has 96 valence electrons. The third-order valence-electron chi connectivity index (χ3n) is 6.23. The maximum atomic E-state index is 10.8. The van der Waals surface area contributed by atoms with Crippen LogP contribution >= 0.6 is 0 Å². The van der Waals surface area contributed by atoms with Crippen LogP contribution in [-0.2, 0) is 0 Å². The Morgan fingerprint density at radius 2 is 2.00 bits per heavy atom. The van der Waals surface area contributed by atoms with Gasteiger partial charge in [-0.3, -0.25) is 0 Å². The second-order valence-corrected chi connectivity index (χ2v) is 7.27. The molecule has 17 heavy (non-hydrogen) atoms. The molecule has 0 aromatic rings. The average Bonchev–Trinajstić information content (AvgIpc) is 2.63. The molecule has 0 bridgehead atoms. The second kappa shape index (κ2) is 3.16. The molecule has 2 nitrogen and oxygen atoms in total. The van der Waals surface area contributed by atoms with Crippen LogP contribution in [0.15, 0.2) is 11.6 Å². The van der Waals surface area contributed by atoms with Crippen LogP contribution in [0.3, 0.4) is 0 Å². The van der Waals surface area contributed by atoms with Crippen LogP contribution in [0.4, 0.5) is 0 Å². The van der Waals surface area contributed by atoms with Gasteiger partial charge in [-0.1, -0.05) is 19.9 Å². The number of aliphatic hydroxyl groups excluding tert-OH is 1. The van der Waals surface area contributed by atoms with E-state index >= 15 is 0 Å². The number of hydrogen-bond acceptors (Lipinski definition) is 2. The van der Waals surface area contributed by atoms with E-state index in [9.17, 15) is 10.2 Å². The van der Waals surface area contributed by atoms with E-state index in [0.717, 1.165) is 25.7 Å². The number of fused-ring (bicyclic) bond motifs is 3. The highest BCUT2D eigenvalue weighted by atomic mass is 16.3. The van der Waals surface area contributed by atoms with E-state index < -0.39 is 5.60 Å². The van der Waals surface area contributed by atoms with Gasteiger partial charge in [0.15, 0.2) is 0 Å². The van der Waals surface area contributed by atoms with Gasteiger partial charge in [-0.05, 0) is 55.4 Å². The molecule has 3 aliphatic rings. The van der Waals surface area contributed by atoms with Gasteiger partial charge in [-0.2, -0.15) is 0 Å². The fraction of sp³-hybridized carbons (Fsp3) is 0.867. The summed E-state index contributed by atoms with van der Waals surface area (Å²) in [6.07, 6.45) is 6.50. The van der Waals surface area contributed by atoms with Gasteiger partial charge < -0.3 is 10.2 Å². The van der Waals surface area contributed by atoms with E-state index in [1.807, 2.05) is 0 Å². The van der Waals surface area contributed by atoms with E-state index in [1.54, 1.807) is 0 Å². The minimum absolute atomic E-state index is 0.0590. The zero-order valence-corrected chi connectivity index (χ0v) is 11.2. The fourth-order valence-electron chi connectivity index (χ4n) is 4.83. The van der Waals surface area contributed by atoms with Crippen molar-refractivity contribution in [2.75, 3.05) is 6.61 Å². The monoisotopic (exact) mass is 236 g/mol. The number of aliphatic hydroxyl groups is 2. The van der Waals surface area contributed by atoms with E-state index in [0.29, 0.717) is 11.8 Å². The molecule has 0 saturated heterocycles. The van der Waals surface area contributed by atoms with Gasteiger partial charge in [0, 0.05) is 12.0 Å². The first kappa shape index (κ1) is 11.7. The molecule has 5 atom stereocenters. The van der Waals surface area contributed by atoms with Crippen molar-refractivity contribution < 1.29 is 10.2 Å². The van der Waals surface area contributed by atoms with E-state index in [1.165, 1.54) is 5.57 Å². The fourth-order valence-corrected chi connectivity index (χ4v) is 4.83. The van der Waals surface area contributed by atoms with Crippen molar-refractivity contribution in [1.29, 1.82) is 0 Å². The van der Waals surface area contributed by atoms with Crippen LogP contribution in [0.1, 0.15) is 46.5 Å². The molecule has 2 fully saturated rings. The molecule has 2 saturated carbocycles. The highest BCUT2D eigenvalue weighted by Crippen LogP contribution is 2.67. The molecule has 2 N–H and O–H groups in total. The van der Waals surface area contributed by atoms with E-state index in [2.05, 4.69) is 26.8 Å². The summed E-state index contributed by atoms with van der Waals surface area (Å²) in [4.78, 5) is 0. The van der Waals surface area contributed by atoms with Crippen LogP contribution < -0.4 is 0 Å². The minimum atomic E-state index is -0.547. The average molecular weight is 236 g/mol. The maximum Gasteiger partial charge on any atom is 0.0910 e. The number of rotatable bonds is 1. The summed E-state index contributed by atoms with van der Waals surface area (Å²) < 4.78 is 0. The lowest BCUT2D eigenvalue weighted by molar-refractivity contribution is -0.173. The summed E-state index contributed by atoms with van der Waals surface area (Å²) in [5.41, 5.74) is 0.753. The predicted molar refractivity (Wildman–Crippen MR) is 67.5 cm³/mol. The predicted octanol–water partition coefficient (Wildman–Crippen LogP) is 2.50. The summed E-state index contributed by atoms with van der Waals surface area (Å²) >= 11 is 0. The lowest BCUT2D eigenvalue weighted by atomic mass is 9.46. The van der Waals surface area contributed by atoms with Crippen molar-refractivity contribution in [3.63, 3.8) is 0 Å². The molecule has 0 spiro atoms. The van der Waals surface area contributed by atoms with Gasteiger partial charge in [-0.15, -0.1) is 0 Å². The molecule has 0 radical (unpaired) electrons. The quantitative estimate of drug-likeness (QED) is 0.687. The third kappa shape index (κ3) is 1.23. The van der Waals surface area contributed by atoms with Gasteiger partial charge in [-0.25, -0.2) is 0 Å². The van der Waals surface area contributed by atoms with Gasteiger partial charge in [0.25, 0.3) is 0 Å². The SMILES string of the molecule is CC1=C[C@H]2C[C@](C)(CO)C[C@@H]2[C@@]2(C)CC[C@@]12O. The van der Waals surface area contributed by atoms with Crippen molar-refractivity contribution in [3.05, 3.63) is 11.6 Å². The Morgan fingerprint density at radius 1 is 1.29 bits per heavy atom. The molecule has 0 unspecified atom stereocenters. The first-order valence-electron chi connectivity index (χ1n) is 6.87. The molecule has 0 aromatic heterocycles. The maximum absolute atomic E-state index is 10.8. The van der Waals surface area contributed by atoms with E-state index in [-0.39, 0.29) is 17.4 Å². The van der Waals surface area contributed by atoms with Crippen molar-refractivity contribution in [3.8, 4) is 0 Å². The van der Waals surface area contributed by atoms with Gasteiger partial charge >= 0.3 is 0 Å². The van der Waals surface area contributed by atoms with Crippen LogP contribution in [0.5, 0.6) is 0 Å². The Labute approximate surface area is 104 Å². The summed E-state index contributed by atoms with van der Waals surface area (Å²) in [6, 6.07) is 0. The Balaban J connectivity index is 2.00. The lowest BCUT2D eigenvalue weighted by Crippen LogP contribution is -2.62. The molecule has 3 aliphatic carbocycles. The summed E-state index contributed by atoms with van der Waals surface area (Å²) in [5.74, 6) is 1.12. The molecule has 0 aliphatic heterocycles. The highest BCUT2D eigenvalue weighted by molar-refractivity contribution is 5.33. The van der Waals surface area contributed by atoms with Gasteiger partial charge in [0.1, 0.15) is 0 Å². The Hall–Kier alpha value is -0.340. The molecule has 2 heteroatoms. The smallest absolute Gasteiger partial charge is 0.0910 e. The first-order chi connectivity index (χ1) is 7.85. The molecular weight excluding hydrogens is 212 g/mol. The van der Waals surface area contributed by atoms with Gasteiger partial charge in [0.05, 0.1) is 5.60 Å². The summed E-state index contributed by atoms with van der Waals surface area (Å²) in [7, 11) is 0. The van der Waals surface area contributed by atoms with Crippen molar-refractivity contribution >= 4 is 0 Å². The van der Waals surface area contributed by atoms with Gasteiger partial charge in [0.2, 0.25) is 0 Å². The van der Waals surface area contributed by atoms with Crippen LogP contribution in [0, 0.1) is 22.7 Å². The lowest BCUT2D eigenvalue weighted by Gasteiger charge is -2.62. The normalized spacial score (nSPS) is 56.9. The Bertz CT molecular complexity index is 388. The third-order valence-corrected chi connectivity index (χ3v) is 6.23. The number of allylic oxidation sites excluding steroid dienone is 1. The number of hydrogen-bond donors (Lipinski definition) is 2. The van der Waals surface area contributed by atoms with Crippen molar-refractivity contribution in [2.24, 2.45) is 22.7 Å². The molecule has 3 rings (SSSR count). The van der Waals surface area contributed by atoms with E-state index in [4.69, 9.17) is 0 Å². The zero-order chi connectivity index (χ0) is 12.5. The summed E-state index contributed by atoms with van der Waals surface area (Å²) in [5, 5.41) is 20.4. The Kier molecular flexibility index (Phi) is 2.18. The second-order valence-electron chi connectivity index (χ2n) is 7.27. The largest absolute Gasteiger partial charge is 0.396 e. The minimum Gasteiger partial charge on any atom is -0.396 e. The molecular formula is C15H24O2. The molecule has 0 heterocycles. The highest BCUT2D eigenvalue weighted by Gasteiger charge is 2.65. The van der Waals surface area contributed by atoms with Crippen molar-refractivity contribution in [1.82, 2.24) is 0 Å². The topological polar surface area (TPSA) is 40.5 Å². The van der Waals surface area contributed by atoms with Crippen LogP contribution in [0.25, 0.3) is 0 Å². The Morgan fingerprint density at radius 3 is 2.53 bits per heavy atom. The molecule has 0 amide bonds. The summed E-state index contributed by atoms with van der Waals surface area (Å²) in [6.45, 7) is 6.81. The van der Waals surface area contributed by atoms with Crippen molar-refractivity contribution in [2.45, 2.75) is 52.1 Å². The zero-order valence-electron chi connectivity index (χ0n) is 11.2. The standard InChI is InChI=1S/C15H24O2/c1-10-6-11-7-13(2,9-16)8-12(11)14(3)4-5-15(10,14)17/h6,11-12,16-17H,4-5,7-9H2,1-3H3/t11-,12-,13-,14+,15+/m0/s1. The molecule has 0 aromatic carbocycles. The van der Waals surface area contributed by atoms with Crippen LogP contribution in [0.2, 0.25) is 0 Å². The van der Waals surface area contributed by atoms with Crippen LogP contribution in [-0.4, -0.2) is 22.4 Å². The first-order valence-corrected chi connectivity index (χ1v) is 6.87.